The molecule has 2 fully saturated rings. The molecule has 0 bridgehead atoms. The largest absolute Gasteiger partial charge is 0.416 e. The normalized spacial score (nSPS) is 22.0. The molecule has 0 radical (unpaired) electrons. The van der Waals surface area contributed by atoms with Crippen LogP contribution in [-0.4, -0.2) is 53.8 Å². The Morgan fingerprint density at radius 3 is 2.00 bits per heavy atom. The quantitative estimate of drug-likeness (QED) is 0.348. The molecule has 6 nitrogen and oxygen atoms in total. The van der Waals surface area contributed by atoms with Crippen LogP contribution in [0.3, 0.4) is 0 Å². The Labute approximate surface area is 226 Å². The van der Waals surface area contributed by atoms with E-state index in [1.54, 1.807) is 35.2 Å². The summed E-state index contributed by atoms with van der Waals surface area (Å²) in [4.78, 5) is 40.1. The van der Waals surface area contributed by atoms with E-state index in [9.17, 15) is 40.7 Å². The molecule has 0 aromatic heterocycles. The van der Waals surface area contributed by atoms with E-state index in [2.05, 4.69) is 0 Å². The molecule has 2 saturated heterocycles. The van der Waals surface area contributed by atoms with Gasteiger partial charge in [-0.3, -0.25) is 19.3 Å². The van der Waals surface area contributed by atoms with E-state index in [0.717, 1.165) is 10.5 Å². The number of nitrogens with zero attached hydrogens (tertiary/aromatic N) is 2. The van der Waals surface area contributed by atoms with E-state index in [4.69, 9.17) is 4.74 Å². The van der Waals surface area contributed by atoms with Crippen LogP contribution in [-0.2, 0) is 31.5 Å². The number of hydrogen-bond acceptors (Lipinski definition) is 4. The monoisotopic (exact) mass is 570 g/mol. The molecule has 216 valence electrons. The van der Waals surface area contributed by atoms with Crippen LogP contribution < -0.4 is 0 Å². The van der Waals surface area contributed by atoms with Crippen molar-refractivity contribution in [3.05, 3.63) is 70.8 Å². The Morgan fingerprint density at radius 1 is 0.925 bits per heavy atom. The van der Waals surface area contributed by atoms with Gasteiger partial charge in [-0.25, -0.2) is 0 Å². The lowest BCUT2D eigenvalue weighted by Gasteiger charge is -2.41. The maximum Gasteiger partial charge on any atom is 0.416 e. The van der Waals surface area contributed by atoms with E-state index < -0.39 is 59.3 Å². The molecule has 2 aliphatic rings. The number of halogens is 6. The third-order valence-electron chi connectivity index (χ3n) is 7.49. The van der Waals surface area contributed by atoms with Crippen LogP contribution in [0.5, 0.6) is 0 Å². The molecule has 4 rings (SSSR count). The summed E-state index contributed by atoms with van der Waals surface area (Å²) in [5.74, 6) is -2.49. The van der Waals surface area contributed by atoms with E-state index >= 15 is 0 Å². The van der Waals surface area contributed by atoms with Crippen LogP contribution in [0.2, 0.25) is 0 Å². The zero-order chi connectivity index (χ0) is 29.4. The Morgan fingerprint density at radius 2 is 1.48 bits per heavy atom. The number of carbonyl (C=O) groups excluding carboxylic acids is 3. The third-order valence-corrected chi connectivity index (χ3v) is 7.49. The van der Waals surface area contributed by atoms with Crippen LogP contribution >= 0.6 is 0 Å². The van der Waals surface area contributed by atoms with Crippen LogP contribution in [0.1, 0.15) is 60.5 Å². The molecule has 2 aromatic rings. The molecule has 0 spiro atoms. The average molecular weight is 571 g/mol. The molecule has 3 atom stereocenters. The zero-order valence-electron chi connectivity index (χ0n) is 21.8. The molecule has 40 heavy (non-hydrogen) atoms. The Balaban J connectivity index is 1.57. The van der Waals surface area contributed by atoms with Crippen molar-refractivity contribution in [3.63, 3.8) is 0 Å². The molecular formula is C28H28F6N2O4. The Kier molecular flexibility index (Phi) is 8.30. The number of hydrogen-bond donors (Lipinski definition) is 0. The summed E-state index contributed by atoms with van der Waals surface area (Å²) >= 11 is 0. The highest BCUT2D eigenvalue weighted by Gasteiger charge is 2.41. The van der Waals surface area contributed by atoms with Crippen molar-refractivity contribution in [1.29, 1.82) is 0 Å². The second-order valence-corrected chi connectivity index (χ2v) is 10.2. The molecule has 0 saturated carbocycles. The number of benzene rings is 2. The lowest BCUT2D eigenvalue weighted by atomic mass is 9.86. The Hall–Kier alpha value is -3.41. The molecule has 0 unspecified atom stereocenters. The second kappa shape index (κ2) is 11.2. The van der Waals surface area contributed by atoms with Crippen LogP contribution in [0, 0.1) is 5.92 Å². The summed E-state index contributed by atoms with van der Waals surface area (Å²) in [6.45, 7) is 1.72. The fourth-order valence-corrected chi connectivity index (χ4v) is 5.21. The van der Waals surface area contributed by atoms with Gasteiger partial charge in [0.1, 0.15) is 0 Å². The van der Waals surface area contributed by atoms with Crippen molar-refractivity contribution in [2.75, 3.05) is 20.1 Å². The minimum absolute atomic E-state index is 0.0750. The van der Waals surface area contributed by atoms with Gasteiger partial charge in [-0.2, -0.15) is 26.3 Å². The number of ether oxygens (including phenoxy) is 1. The molecule has 3 amide bonds. The number of carbonyl (C=O) groups is 3. The summed E-state index contributed by atoms with van der Waals surface area (Å²) < 4.78 is 86.5. The zero-order valence-corrected chi connectivity index (χ0v) is 21.8. The van der Waals surface area contributed by atoms with E-state index in [0.29, 0.717) is 12.1 Å². The van der Waals surface area contributed by atoms with Crippen molar-refractivity contribution in [1.82, 2.24) is 9.80 Å². The molecular weight excluding hydrogens is 542 g/mol. The highest BCUT2D eigenvalue weighted by Crippen LogP contribution is 2.40. The first-order chi connectivity index (χ1) is 18.6. The number of likely N-dealkylation sites (tertiary alicyclic amines) is 2. The molecule has 0 N–H and O–H groups in total. The number of amides is 3. The van der Waals surface area contributed by atoms with Gasteiger partial charge in [-0.05, 0) is 42.7 Å². The maximum absolute atomic E-state index is 13.4. The second-order valence-electron chi connectivity index (χ2n) is 10.2. The van der Waals surface area contributed by atoms with Gasteiger partial charge < -0.3 is 9.64 Å². The summed E-state index contributed by atoms with van der Waals surface area (Å²) in [5.41, 5.74) is -2.34. The minimum atomic E-state index is -4.98. The van der Waals surface area contributed by atoms with Gasteiger partial charge in [0.05, 0.1) is 29.3 Å². The van der Waals surface area contributed by atoms with Gasteiger partial charge in [0.15, 0.2) is 0 Å². The fraction of sp³-hybridized carbons (Fsp3) is 0.464. The van der Waals surface area contributed by atoms with Crippen molar-refractivity contribution >= 4 is 17.7 Å². The highest BCUT2D eigenvalue weighted by atomic mass is 19.4. The average Bonchev–Trinajstić information content (AvgIpc) is 2.90. The first-order valence-corrected chi connectivity index (χ1v) is 12.7. The predicted molar refractivity (Wildman–Crippen MR) is 131 cm³/mol. The van der Waals surface area contributed by atoms with Crippen LogP contribution in [0.15, 0.2) is 48.5 Å². The lowest BCUT2D eigenvalue weighted by Crippen LogP contribution is -2.51. The lowest BCUT2D eigenvalue weighted by molar-refractivity contribution is -0.155. The topological polar surface area (TPSA) is 66.9 Å². The number of piperidine rings is 2. The standard InChI is InChI=1S/C28H28F6N2O4/c1-16(18-10-20(27(29,30)31)14-21(11-18)28(32,33)34)40-23-8-9-36(15-22(23)17-6-4-3-5-7-17)26(39)19-12-24(37)35(2)25(38)13-19/h3-7,10-11,14,16,19,22-23H,8-9,12-13,15H2,1-2H3/t16-,22+,23+/m1/s1. The first-order valence-electron chi connectivity index (χ1n) is 12.7. The van der Waals surface area contributed by atoms with Gasteiger partial charge in [-0.15, -0.1) is 0 Å². The van der Waals surface area contributed by atoms with Gasteiger partial charge in [0.25, 0.3) is 0 Å². The first kappa shape index (κ1) is 29.6. The predicted octanol–water partition coefficient (Wildman–Crippen LogP) is 5.58. The van der Waals surface area contributed by atoms with Gasteiger partial charge in [0.2, 0.25) is 17.7 Å². The number of rotatable bonds is 5. The van der Waals surface area contributed by atoms with E-state index in [1.165, 1.54) is 14.0 Å². The van der Waals surface area contributed by atoms with Crippen LogP contribution in [0.4, 0.5) is 26.3 Å². The number of alkyl halides is 6. The smallest absolute Gasteiger partial charge is 0.370 e. The summed E-state index contributed by atoms with van der Waals surface area (Å²) in [5, 5.41) is 0. The SMILES string of the molecule is C[C@@H](O[C@H]1CCN(C(=O)C2CC(=O)N(C)C(=O)C2)C[C@H]1c1ccccc1)c1cc(C(F)(F)F)cc(C(F)(F)F)c1. The molecule has 2 aliphatic heterocycles. The fourth-order valence-electron chi connectivity index (χ4n) is 5.21. The Bertz CT molecular complexity index is 1210. The van der Waals surface area contributed by atoms with Gasteiger partial charge in [0, 0.05) is 38.9 Å². The van der Waals surface area contributed by atoms with Crippen molar-refractivity contribution in [2.45, 2.75) is 56.7 Å². The van der Waals surface area contributed by atoms with E-state index in [-0.39, 0.29) is 49.9 Å². The van der Waals surface area contributed by atoms with Crippen molar-refractivity contribution in [2.24, 2.45) is 5.92 Å². The number of imide groups is 1. The van der Waals surface area contributed by atoms with Crippen molar-refractivity contribution in [3.8, 4) is 0 Å². The molecule has 12 heteroatoms. The van der Waals surface area contributed by atoms with Gasteiger partial charge in [-0.1, -0.05) is 30.3 Å². The molecule has 2 aromatic carbocycles. The van der Waals surface area contributed by atoms with E-state index in [1.807, 2.05) is 0 Å². The van der Waals surface area contributed by atoms with Gasteiger partial charge >= 0.3 is 12.4 Å². The summed E-state index contributed by atoms with van der Waals surface area (Å²) in [6.07, 6.45) is -11.7. The third kappa shape index (κ3) is 6.48. The molecule has 2 heterocycles. The molecule has 0 aliphatic carbocycles. The summed E-state index contributed by atoms with van der Waals surface area (Å²) in [6, 6.07) is 10.3. The highest BCUT2D eigenvalue weighted by molar-refractivity contribution is 6.01. The summed E-state index contributed by atoms with van der Waals surface area (Å²) in [7, 11) is 1.36. The maximum atomic E-state index is 13.4. The minimum Gasteiger partial charge on any atom is -0.370 e. The van der Waals surface area contributed by atoms with Crippen LogP contribution in [0.25, 0.3) is 0 Å². The van der Waals surface area contributed by atoms with Crippen molar-refractivity contribution < 1.29 is 45.5 Å².